The topological polar surface area (TPSA) is 67.2 Å². The van der Waals surface area contributed by atoms with Crippen LogP contribution in [0.25, 0.3) is 0 Å². The van der Waals surface area contributed by atoms with Gasteiger partial charge in [-0.25, -0.2) is 0 Å². The predicted molar refractivity (Wildman–Crippen MR) is 78.0 cm³/mol. The first kappa shape index (κ1) is 15.0. The van der Waals surface area contributed by atoms with Crippen molar-refractivity contribution in [2.24, 2.45) is 0 Å². The van der Waals surface area contributed by atoms with Gasteiger partial charge in [-0.1, -0.05) is 0 Å². The SMILES string of the molecule is Cc1nn(C(C)CC(C)(NC2CC2)C(=O)O)c(C)c1C. The summed E-state index contributed by atoms with van der Waals surface area (Å²) in [5.41, 5.74) is 2.43. The van der Waals surface area contributed by atoms with E-state index < -0.39 is 11.5 Å². The maximum Gasteiger partial charge on any atom is 0.323 e. The maximum atomic E-state index is 11.6. The van der Waals surface area contributed by atoms with Crippen LogP contribution in [0.4, 0.5) is 0 Å². The normalized spacial score (nSPS) is 19.6. The minimum atomic E-state index is -0.888. The highest BCUT2D eigenvalue weighted by molar-refractivity contribution is 5.78. The number of carboxylic acids is 1. The fraction of sp³-hybridized carbons (Fsp3) is 0.733. The van der Waals surface area contributed by atoms with Gasteiger partial charge < -0.3 is 5.11 Å². The van der Waals surface area contributed by atoms with Crippen molar-refractivity contribution < 1.29 is 9.90 Å². The Morgan fingerprint density at radius 1 is 1.50 bits per heavy atom. The summed E-state index contributed by atoms with van der Waals surface area (Å²) < 4.78 is 1.96. The number of aryl methyl sites for hydroxylation is 1. The van der Waals surface area contributed by atoms with Gasteiger partial charge in [0.25, 0.3) is 0 Å². The van der Waals surface area contributed by atoms with Crippen molar-refractivity contribution in [1.82, 2.24) is 15.1 Å². The number of aliphatic carboxylic acids is 1. The minimum Gasteiger partial charge on any atom is -0.480 e. The number of nitrogens with one attached hydrogen (secondary N) is 1. The molecule has 1 aliphatic rings. The van der Waals surface area contributed by atoms with Gasteiger partial charge in [0.2, 0.25) is 0 Å². The number of hydrogen-bond acceptors (Lipinski definition) is 3. The summed E-state index contributed by atoms with van der Waals surface area (Å²) in [6, 6.07) is 0.417. The Hall–Kier alpha value is -1.36. The van der Waals surface area contributed by atoms with E-state index in [0.717, 1.165) is 24.2 Å². The smallest absolute Gasteiger partial charge is 0.323 e. The van der Waals surface area contributed by atoms with Crippen LogP contribution in [0.3, 0.4) is 0 Å². The van der Waals surface area contributed by atoms with Crippen molar-refractivity contribution in [2.75, 3.05) is 0 Å². The molecule has 2 unspecified atom stereocenters. The predicted octanol–water partition coefficient (Wildman–Crippen LogP) is 2.35. The van der Waals surface area contributed by atoms with Crippen LogP contribution in [0.1, 0.15) is 56.1 Å². The molecule has 2 atom stereocenters. The van der Waals surface area contributed by atoms with Gasteiger partial charge in [0, 0.05) is 11.7 Å². The Bertz CT molecular complexity index is 519. The van der Waals surface area contributed by atoms with E-state index in [-0.39, 0.29) is 6.04 Å². The lowest BCUT2D eigenvalue weighted by Gasteiger charge is -2.30. The van der Waals surface area contributed by atoms with Crippen molar-refractivity contribution in [3.8, 4) is 0 Å². The largest absolute Gasteiger partial charge is 0.480 e. The van der Waals surface area contributed by atoms with Gasteiger partial charge in [0.1, 0.15) is 5.54 Å². The van der Waals surface area contributed by atoms with Crippen LogP contribution in [-0.2, 0) is 4.79 Å². The van der Waals surface area contributed by atoms with E-state index >= 15 is 0 Å². The van der Waals surface area contributed by atoms with Crippen LogP contribution in [0, 0.1) is 20.8 Å². The number of aromatic nitrogens is 2. The summed E-state index contributed by atoms with van der Waals surface area (Å²) in [5, 5.41) is 17.4. The van der Waals surface area contributed by atoms with E-state index in [9.17, 15) is 9.90 Å². The van der Waals surface area contributed by atoms with Gasteiger partial charge in [-0.3, -0.25) is 14.8 Å². The lowest BCUT2D eigenvalue weighted by atomic mass is 9.93. The van der Waals surface area contributed by atoms with E-state index in [1.165, 1.54) is 5.56 Å². The summed E-state index contributed by atoms with van der Waals surface area (Å²) in [4.78, 5) is 11.6. The first-order chi connectivity index (χ1) is 9.24. The fourth-order valence-corrected chi connectivity index (χ4v) is 2.74. The molecule has 0 aromatic carbocycles. The van der Waals surface area contributed by atoms with Crippen LogP contribution in [0.5, 0.6) is 0 Å². The first-order valence-electron chi connectivity index (χ1n) is 7.28. The third-order valence-corrected chi connectivity index (χ3v) is 4.38. The number of rotatable bonds is 6. The zero-order chi connectivity index (χ0) is 15.1. The lowest BCUT2D eigenvalue weighted by molar-refractivity contribution is -0.145. The van der Waals surface area contributed by atoms with E-state index in [0.29, 0.717) is 12.5 Å². The third-order valence-electron chi connectivity index (χ3n) is 4.38. The monoisotopic (exact) mass is 279 g/mol. The maximum absolute atomic E-state index is 11.6. The molecule has 1 heterocycles. The second-order valence-electron chi connectivity index (χ2n) is 6.35. The van der Waals surface area contributed by atoms with Crippen molar-refractivity contribution in [2.45, 2.75) is 71.5 Å². The van der Waals surface area contributed by atoms with Crippen LogP contribution < -0.4 is 5.32 Å². The molecule has 112 valence electrons. The number of carboxylic acid groups (broad SMARTS) is 1. The van der Waals surface area contributed by atoms with Gasteiger partial charge in [-0.2, -0.15) is 5.10 Å². The average molecular weight is 279 g/mol. The Kier molecular flexibility index (Phi) is 3.91. The van der Waals surface area contributed by atoms with Crippen molar-refractivity contribution >= 4 is 5.97 Å². The molecule has 0 saturated heterocycles. The standard InChI is InChI=1S/C15H25N3O2/c1-9(18-12(4)10(2)11(3)17-18)8-15(5,14(19)20)16-13-6-7-13/h9,13,16H,6-8H2,1-5H3,(H,19,20). The third kappa shape index (κ3) is 2.87. The summed E-state index contributed by atoms with van der Waals surface area (Å²) in [6.45, 7) is 9.90. The lowest BCUT2D eigenvalue weighted by Crippen LogP contribution is -2.51. The molecule has 0 spiro atoms. The van der Waals surface area contributed by atoms with Crippen molar-refractivity contribution in [1.29, 1.82) is 0 Å². The molecule has 0 radical (unpaired) electrons. The molecule has 1 aromatic rings. The quantitative estimate of drug-likeness (QED) is 0.839. The van der Waals surface area contributed by atoms with E-state index in [1.54, 1.807) is 6.92 Å². The molecule has 0 aliphatic heterocycles. The van der Waals surface area contributed by atoms with Gasteiger partial charge in [0.05, 0.1) is 11.7 Å². The van der Waals surface area contributed by atoms with Gasteiger partial charge in [-0.05, 0) is 59.4 Å². The van der Waals surface area contributed by atoms with Crippen LogP contribution >= 0.6 is 0 Å². The molecule has 20 heavy (non-hydrogen) atoms. The molecule has 2 N–H and O–H groups in total. The molecule has 1 aromatic heterocycles. The summed E-state index contributed by atoms with van der Waals surface area (Å²) >= 11 is 0. The highest BCUT2D eigenvalue weighted by Crippen LogP contribution is 2.29. The molecule has 1 fully saturated rings. The number of carbonyl (C=O) groups is 1. The number of hydrogen-bond donors (Lipinski definition) is 2. The minimum absolute atomic E-state index is 0.0507. The Morgan fingerprint density at radius 2 is 2.10 bits per heavy atom. The Morgan fingerprint density at radius 3 is 2.50 bits per heavy atom. The second kappa shape index (κ2) is 5.20. The Labute approximate surface area is 120 Å². The summed E-state index contributed by atoms with van der Waals surface area (Å²) in [5.74, 6) is -0.783. The number of nitrogens with zero attached hydrogens (tertiary/aromatic N) is 2. The zero-order valence-electron chi connectivity index (χ0n) is 13.0. The van der Waals surface area contributed by atoms with Crippen LogP contribution in [-0.4, -0.2) is 32.4 Å². The molecular formula is C15H25N3O2. The Balaban J connectivity index is 2.17. The molecule has 2 rings (SSSR count). The molecule has 5 nitrogen and oxygen atoms in total. The van der Waals surface area contributed by atoms with Crippen molar-refractivity contribution in [3.05, 3.63) is 17.0 Å². The van der Waals surface area contributed by atoms with Crippen LogP contribution in [0.15, 0.2) is 0 Å². The van der Waals surface area contributed by atoms with Gasteiger partial charge in [-0.15, -0.1) is 0 Å². The molecule has 1 aliphatic carbocycles. The highest BCUT2D eigenvalue weighted by Gasteiger charge is 2.40. The highest BCUT2D eigenvalue weighted by atomic mass is 16.4. The summed E-state index contributed by atoms with van der Waals surface area (Å²) in [7, 11) is 0. The molecular weight excluding hydrogens is 254 g/mol. The second-order valence-corrected chi connectivity index (χ2v) is 6.35. The van der Waals surface area contributed by atoms with Gasteiger partial charge in [0.15, 0.2) is 0 Å². The molecule has 5 heteroatoms. The van der Waals surface area contributed by atoms with E-state index in [2.05, 4.69) is 17.3 Å². The molecule has 0 bridgehead atoms. The zero-order valence-corrected chi connectivity index (χ0v) is 13.0. The van der Waals surface area contributed by atoms with Gasteiger partial charge >= 0.3 is 5.97 Å². The van der Waals surface area contributed by atoms with E-state index in [4.69, 9.17) is 0 Å². The molecule has 0 amide bonds. The van der Waals surface area contributed by atoms with Crippen LogP contribution in [0.2, 0.25) is 0 Å². The van der Waals surface area contributed by atoms with Crippen molar-refractivity contribution in [3.63, 3.8) is 0 Å². The van der Waals surface area contributed by atoms with E-state index in [1.807, 2.05) is 25.5 Å². The first-order valence-corrected chi connectivity index (χ1v) is 7.28. The summed E-state index contributed by atoms with van der Waals surface area (Å²) in [6.07, 6.45) is 2.69. The average Bonchev–Trinajstić information content (AvgIpc) is 3.12. The fourth-order valence-electron chi connectivity index (χ4n) is 2.74. The molecule has 1 saturated carbocycles.